The number of rotatable bonds is 4. The maximum Gasteiger partial charge on any atom is 0.246 e. The van der Waals surface area contributed by atoms with Crippen LogP contribution in [0.3, 0.4) is 0 Å². The number of benzene rings is 3. The molecule has 1 saturated heterocycles. The highest BCUT2D eigenvalue weighted by Gasteiger charge is 2.43. The van der Waals surface area contributed by atoms with E-state index < -0.39 is 0 Å². The van der Waals surface area contributed by atoms with E-state index in [1.807, 2.05) is 41.3 Å². The van der Waals surface area contributed by atoms with E-state index in [2.05, 4.69) is 42.5 Å². The molecule has 0 aliphatic carbocycles. The molecule has 3 aromatic carbocycles. The molecule has 1 spiro atoms. The number of hydrogen-bond donors (Lipinski definition) is 1. The van der Waals surface area contributed by atoms with E-state index >= 15 is 0 Å². The van der Waals surface area contributed by atoms with Crippen LogP contribution < -0.4 is 10.5 Å². The van der Waals surface area contributed by atoms with Gasteiger partial charge >= 0.3 is 0 Å². The van der Waals surface area contributed by atoms with Crippen LogP contribution in [-0.2, 0) is 16.8 Å². The molecule has 3 aromatic rings. The van der Waals surface area contributed by atoms with Crippen LogP contribution in [0.5, 0.6) is 5.75 Å². The van der Waals surface area contributed by atoms with Gasteiger partial charge in [-0.15, -0.1) is 0 Å². The minimum atomic E-state index is 0.00821. The standard InChI is InChI=1S/C28H28N2O2/c29-19-22-8-12-26-25(18-22)28(20-32-26)14-16-30(17-15-28)27(31)13-9-21-6-10-24(11-7-21)23-4-2-1-3-5-23/h1-13,18H,14-17,19-20,29H2/b13-9+. The Morgan fingerprint density at radius 2 is 1.69 bits per heavy atom. The molecule has 1 fully saturated rings. The van der Waals surface area contributed by atoms with Crippen LogP contribution in [0.2, 0.25) is 0 Å². The molecule has 0 atom stereocenters. The normalized spacial score (nSPS) is 16.8. The number of amides is 1. The van der Waals surface area contributed by atoms with Crippen molar-refractivity contribution < 1.29 is 9.53 Å². The molecule has 162 valence electrons. The van der Waals surface area contributed by atoms with Crippen LogP contribution in [0.15, 0.2) is 78.9 Å². The van der Waals surface area contributed by atoms with Gasteiger partial charge < -0.3 is 15.4 Å². The number of carbonyl (C=O) groups excluding carboxylic acids is 1. The molecule has 4 heteroatoms. The highest BCUT2D eigenvalue weighted by Crippen LogP contribution is 2.45. The number of nitrogens with zero attached hydrogens (tertiary/aromatic N) is 1. The topological polar surface area (TPSA) is 55.6 Å². The van der Waals surface area contributed by atoms with Crippen molar-refractivity contribution in [3.05, 3.63) is 95.6 Å². The maximum absolute atomic E-state index is 12.8. The van der Waals surface area contributed by atoms with Crippen LogP contribution in [0.4, 0.5) is 0 Å². The van der Waals surface area contributed by atoms with Gasteiger partial charge in [-0.05, 0) is 47.2 Å². The van der Waals surface area contributed by atoms with E-state index in [9.17, 15) is 4.79 Å². The fourth-order valence-corrected chi connectivity index (χ4v) is 4.80. The molecule has 2 aliphatic heterocycles. The second-order valence-electron chi connectivity index (χ2n) is 8.75. The Hall–Kier alpha value is -3.37. The lowest BCUT2D eigenvalue weighted by atomic mass is 9.74. The minimum Gasteiger partial charge on any atom is -0.492 e. The Morgan fingerprint density at radius 3 is 2.41 bits per heavy atom. The monoisotopic (exact) mass is 424 g/mol. The summed E-state index contributed by atoms with van der Waals surface area (Å²) in [7, 11) is 0. The Bertz CT molecular complexity index is 1130. The lowest BCUT2D eigenvalue weighted by Gasteiger charge is -2.38. The first kappa shape index (κ1) is 20.5. The van der Waals surface area contributed by atoms with Crippen molar-refractivity contribution in [2.75, 3.05) is 19.7 Å². The number of nitrogens with two attached hydrogens (primary N) is 1. The number of ether oxygens (including phenoxy) is 1. The molecule has 32 heavy (non-hydrogen) atoms. The zero-order chi connectivity index (χ0) is 22.0. The van der Waals surface area contributed by atoms with Gasteiger partial charge in [-0.2, -0.15) is 0 Å². The third-order valence-corrected chi connectivity index (χ3v) is 6.82. The quantitative estimate of drug-likeness (QED) is 0.614. The van der Waals surface area contributed by atoms with E-state index in [4.69, 9.17) is 10.5 Å². The van der Waals surface area contributed by atoms with Gasteiger partial charge in [-0.25, -0.2) is 0 Å². The first-order valence-electron chi connectivity index (χ1n) is 11.3. The van der Waals surface area contributed by atoms with Gasteiger partial charge in [0.05, 0.1) is 6.61 Å². The van der Waals surface area contributed by atoms with Crippen molar-refractivity contribution in [3.63, 3.8) is 0 Å². The predicted octanol–water partition coefficient (Wildman–Crippen LogP) is 4.78. The highest BCUT2D eigenvalue weighted by molar-refractivity contribution is 5.92. The van der Waals surface area contributed by atoms with Crippen LogP contribution in [-0.4, -0.2) is 30.5 Å². The van der Waals surface area contributed by atoms with Crippen LogP contribution >= 0.6 is 0 Å². The summed E-state index contributed by atoms with van der Waals surface area (Å²) < 4.78 is 5.98. The summed E-state index contributed by atoms with van der Waals surface area (Å²) >= 11 is 0. The molecule has 0 saturated carbocycles. The summed E-state index contributed by atoms with van der Waals surface area (Å²) in [6.07, 6.45) is 5.43. The molecule has 0 unspecified atom stereocenters. The maximum atomic E-state index is 12.8. The summed E-state index contributed by atoms with van der Waals surface area (Å²) in [4.78, 5) is 14.7. The first-order chi connectivity index (χ1) is 15.7. The Morgan fingerprint density at radius 1 is 0.969 bits per heavy atom. The molecular formula is C28H28N2O2. The second kappa shape index (κ2) is 8.64. The summed E-state index contributed by atoms with van der Waals surface area (Å²) in [6, 6.07) is 24.9. The van der Waals surface area contributed by atoms with E-state index in [1.165, 1.54) is 16.7 Å². The molecule has 2 heterocycles. The van der Waals surface area contributed by atoms with E-state index in [-0.39, 0.29) is 11.3 Å². The molecule has 0 radical (unpaired) electrons. The smallest absolute Gasteiger partial charge is 0.246 e. The second-order valence-corrected chi connectivity index (χ2v) is 8.75. The number of piperidine rings is 1. The number of fused-ring (bicyclic) bond motifs is 2. The minimum absolute atomic E-state index is 0.00821. The predicted molar refractivity (Wildman–Crippen MR) is 128 cm³/mol. The third kappa shape index (κ3) is 3.94. The molecule has 0 aromatic heterocycles. The van der Waals surface area contributed by atoms with Gasteiger partial charge in [-0.1, -0.05) is 66.7 Å². The first-order valence-corrected chi connectivity index (χ1v) is 11.3. The summed E-state index contributed by atoms with van der Waals surface area (Å²) in [5.41, 5.74) is 11.6. The fraction of sp³-hybridized carbons (Fsp3) is 0.250. The zero-order valence-corrected chi connectivity index (χ0v) is 18.2. The van der Waals surface area contributed by atoms with Gasteiger partial charge in [0.2, 0.25) is 5.91 Å². The number of hydrogen-bond acceptors (Lipinski definition) is 3. The molecule has 1 amide bonds. The number of carbonyl (C=O) groups is 1. The number of likely N-dealkylation sites (tertiary alicyclic amines) is 1. The Kier molecular flexibility index (Phi) is 5.54. The molecule has 5 rings (SSSR count). The van der Waals surface area contributed by atoms with Crippen molar-refractivity contribution in [1.29, 1.82) is 0 Å². The van der Waals surface area contributed by atoms with Crippen molar-refractivity contribution in [3.8, 4) is 16.9 Å². The van der Waals surface area contributed by atoms with Gasteiger partial charge in [0, 0.05) is 36.7 Å². The largest absolute Gasteiger partial charge is 0.492 e. The highest BCUT2D eigenvalue weighted by atomic mass is 16.5. The van der Waals surface area contributed by atoms with Crippen molar-refractivity contribution in [2.45, 2.75) is 24.8 Å². The molecule has 0 bridgehead atoms. The van der Waals surface area contributed by atoms with Crippen LogP contribution in [0.1, 0.15) is 29.5 Å². The average Bonchev–Trinajstić information content (AvgIpc) is 3.21. The molecule has 4 nitrogen and oxygen atoms in total. The zero-order valence-electron chi connectivity index (χ0n) is 18.2. The van der Waals surface area contributed by atoms with Gasteiger partial charge in [0.1, 0.15) is 5.75 Å². The SMILES string of the molecule is NCc1ccc2c(c1)C1(CCN(C(=O)/C=C/c3ccc(-c4ccccc4)cc3)CC1)CO2. The van der Waals surface area contributed by atoms with Gasteiger partial charge in [0.15, 0.2) is 0 Å². The summed E-state index contributed by atoms with van der Waals surface area (Å²) in [5.74, 6) is 1.04. The summed E-state index contributed by atoms with van der Waals surface area (Å²) in [6.45, 7) is 2.71. The lowest BCUT2D eigenvalue weighted by molar-refractivity contribution is -0.127. The van der Waals surface area contributed by atoms with Gasteiger partial charge in [-0.3, -0.25) is 4.79 Å². The van der Waals surface area contributed by atoms with Crippen molar-refractivity contribution in [1.82, 2.24) is 4.90 Å². The molecule has 2 aliphatic rings. The summed E-state index contributed by atoms with van der Waals surface area (Å²) in [5, 5.41) is 0. The van der Waals surface area contributed by atoms with Gasteiger partial charge in [0.25, 0.3) is 0 Å². The molecule has 2 N–H and O–H groups in total. The van der Waals surface area contributed by atoms with Crippen molar-refractivity contribution in [2.24, 2.45) is 5.73 Å². The van der Waals surface area contributed by atoms with Crippen molar-refractivity contribution >= 4 is 12.0 Å². The third-order valence-electron chi connectivity index (χ3n) is 6.82. The van der Waals surface area contributed by atoms with Crippen LogP contribution in [0, 0.1) is 0 Å². The Labute approximate surface area is 189 Å². The van der Waals surface area contributed by atoms with Crippen LogP contribution in [0.25, 0.3) is 17.2 Å². The van der Waals surface area contributed by atoms with E-state index in [0.29, 0.717) is 13.2 Å². The van der Waals surface area contributed by atoms with E-state index in [1.54, 1.807) is 6.08 Å². The van der Waals surface area contributed by atoms with E-state index in [0.717, 1.165) is 42.8 Å². The molecular weight excluding hydrogens is 396 g/mol. The lowest BCUT2D eigenvalue weighted by Crippen LogP contribution is -2.45. The average molecular weight is 425 g/mol. The fourth-order valence-electron chi connectivity index (χ4n) is 4.80. The Balaban J connectivity index is 1.22.